The van der Waals surface area contributed by atoms with Crippen molar-refractivity contribution in [1.82, 2.24) is 15.0 Å². The Morgan fingerprint density at radius 2 is 2.03 bits per heavy atom. The van der Waals surface area contributed by atoms with Crippen LogP contribution in [0.5, 0.6) is 0 Å². The van der Waals surface area contributed by atoms with E-state index in [9.17, 15) is 4.79 Å². The Morgan fingerprint density at radius 1 is 1.15 bits per heavy atom. The van der Waals surface area contributed by atoms with Crippen LogP contribution in [0.3, 0.4) is 0 Å². The van der Waals surface area contributed by atoms with Gasteiger partial charge in [0.2, 0.25) is 11.8 Å². The summed E-state index contributed by atoms with van der Waals surface area (Å²) in [5.74, 6) is 1.18. The van der Waals surface area contributed by atoms with Crippen molar-refractivity contribution >= 4 is 39.3 Å². The maximum Gasteiger partial charge on any atom is 0.229 e. The van der Waals surface area contributed by atoms with Gasteiger partial charge in [0.1, 0.15) is 11.3 Å². The van der Waals surface area contributed by atoms with E-state index in [1.54, 1.807) is 12.4 Å². The normalized spacial score (nSPS) is 18.7. The Morgan fingerprint density at radius 3 is 2.85 bits per heavy atom. The average Bonchev–Trinajstić information content (AvgIpc) is 3.58. The summed E-state index contributed by atoms with van der Waals surface area (Å²) in [6.07, 6.45) is 5.63. The number of hydrogen-bond donors (Lipinski definition) is 1. The lowest BCUT2D eigenvalue weighted by Gasteiger charge is -2.32. The van der Waals surface area contributed by atoms with E-state index < -0.39 is 0 Å². The molecule has 2 fully saturated rings. The summed E-state index contributed by atoms with van der Waals surface area (Å²) in [6.45, 7) is 6.46. The summed E-state index contributed by atoms with van der Waals surface area (Å²) in [6, 6.07) is 7.98. The molecular formula is C25H25N5O3. The molecule has 1 amide bonds. The summed E-state index contributed by atoms with van der Waals surface area (Å²) in [4.78, 5) is 28.3. The number of anilines is 2. The van der Waals surface area contributed by atoms with E-state index in [4.69, 9.17) is 14.1 Å². The molecule has 4 aromatic rings. The molecule has 0 unspecified atom stereocenters. The van der Waals surface area contributed by atoms with Gasteiger partial charge < -0.3 is 19.4 Å². The second kappa shape index (κ2) is 7.81. The highest BCUT2D eigenvalue weighted by molar-refractivity contribution is 6.00. The van der Waals surface area contributed by atoms with Gasteiger partial charge in [0.25, 0.3) is 0 Å². The highest BCUT2D eigenvalue weighted by Gasteiger charge is 2.30. The van der Waals surface area contributed by atoms with Gasteiger partial charge in [-0.2, -0.15) is 0 Å². The molecule has 1 atom stereocenters. The SMILES string of the molecule is Cc1ncc(-c2nc3cc(N4CCO[C@H](C)C4)ccc3o2)c2cc(NC(=O)C3CC3)ncc12. The molecule has 4 heterocycles. The van der Waals surface area contributed by atoms with Gasteiger partial charge in [-0.05, 0) is 51.0 Å². The number of aromatic nitrogens is 3. The fourth-order valence-electron chi connectivity index (χ4n) is 4.36. The van der Waals surface area contributed by atoms with E-state index in [1.165, 1.54) is 0 Å². The van der Waals surface area contributed by atoms with Crippen molar-refractivity contribution in [1.29, 1.82) is 0 Å². The van der Waals surface area contributed by atoms with E-state index in [2.05, 4.69) is 39.2 Å². The zero-order chi connectivity index (χ0) is 22.5. The molecule has 1 aliphatic carbocycles. The number of benzene rings is 1. The lowest BCUT2D eigenvalue weighted by atomic mass is 10.1. The van der Waals surface area contributed by atoms with Gasteiger partial charge in [0.05, 0.1) is 18.3 Å². The first-order valence-corrected chi connectivity index (χ1v) is 11.4. The molecule has 168 valence electrons. The summed E-state index contributed by atoms with van der Waals surface area (Å²) in [7, 11) is 0. The van der Waals surface area contributed by atoms with Crippen LogP contribution in [-0.2, 0) is 9.53 Å². The van der Waals surface area contributed by atoms with Gasteiger partial charge in [-0.25, -0.2) is 9.97 Å². The zero-order valence-electron chi connectivity index (χ0n) is 18.7. The Labute approximate surface area is 191 Å². The van der Waals surface area contributed by atoms with Gasteiger partial charge in [0, 0.05) is 53.6 Å². The van der Waals surface area contributed by atoms with E-state index in [0.29, 0.717) is 11.7 Å². The van der Waals surface area contributed by atoms with Crippen LogP contribution in [0.4, 0.5) is 11.5 Å². The lowest BCUT2D eigenvalue weighted by molar-refractivity contribution is -0.117. The minimum Gasteiger partial charge on any atom is -0.436 e. The van der Waals surface area contributed by atoms with Crippen molar-refractivity contribution in [2.24, 2.45) is 5.92 Å². The number of rotatable bonds is 4. The van der Waals surface area contributed by atoms with Gasteiger partial charge in [-0.15, -0.1) is 0 Å². The van der Waals surface area contributed by atoms with Crippen molar-refractivity contribution in [3.63, 3.8) is 0 Å². The van der Waals surface area contributed by atoms with Crippen LogP contribution in [0.2, 0.25) is 0 Å². The van der Waals surface area contributed by atoms with Crippen molar-refractivity contribution in [3.8, 4) is 11.5 Å². The van der Waals surface area contributed by atoms with E-state index in [1.807, 2.05) is 19.1 Å². The molecule has 33 heavy (non-hydrogen) atoms. The maximum atomic E-state index is 12.2. The van der Waals surface area contributed by atoms with E-state index in [-0.39, 0.29) is 17.9 Å². The van der Waals surface area contributed by atoms with Crippen LogP contribution in [0.25, 0.3) is 33.3 Å². The van der Waals surface area contributed by atoms with Crippen molar-refractivity contribution in [2.75, 3.05) is 29.9 Å². The molecule has 1 saturated heterocycles. The summed E-state index contributed by atoms with van der Waals surface area (Å²) >= 11 is 0. The third-order valence-corrected chi connectivity index (χ3v) is 6.38. The number of pyridine rings is 2. The number of fused-ring (bicyclic) bond motifs is 2. The molecule has 2 aliphatic rings. The summed E-state index contributed by atoms with van der Waals surface area (Å²) < 4.78 is 11.8. The zero-order valence-corrected chi connectivity index (χ0v) is 18.7. The van der Waals surface area contributed by atoms with Crippen LogP contribution in [-0.4, -0.2) is 46.7 Å². The van der Waals surface area contributed by atoms with Crippen LogP contribution >= 0.6 is 0 Å². The fourth-order valence-corrected chi connectivity index (χ4v) is 4.36. The van der Waals surface area contributed by atoms with Crippen LogP contribution in [0, 0.1) is 12.8 Å². The Hall–Kier alpha value is -3.52. The van der Waals surface area contributed by atoms with Crippen molar-refractivity contribution in [3.05, 3.63) is 42.4 Å². The molecule has 8 nitrogen and oxygen atoms in total. The highest BCUT2D eigenvalue weighted by Crippen LogP contribution is 2.34. The number of ether oxygens (including phenoxy) is 1. The van der Waals surface area contributed by atoms with Crippen LogP contribution in [0.1, 0.15) is 25.5 Å². The first-order chi connectivity index (χ1) is 16.0. The predicted molar refractivity (Wildman–Crippen MR) is 126 cm³/mol. The number of amides is 1. The number of aryl methyl sites for hydroxylation is 1. The Kier molecular flexibility index (Phi) is 4.76. The van der Waals surface area contributed by atoms with Crippen molar-refractivity contribution in [2.45, 2.75) is 32.8 Å². The first-order valence-electron chi connectivity index (χ1n) is 11.4. The van der Waals surface area contributed by atoms with E-state index in [0.717, 1.165) is 71.4 Å². The predicted octanol–water partition coefficient (Wildman–Crippen LogP) is 4.32. The first kappa shape index (κ1) is 20.1. The number of nitrogens with zero attached hydrogens (tertiary/aromatic N) is 4. The molecule has 0 radical (unpaired) electrons. The third-order valence-electron chi connectivity index (χ3n) is 6.38. The number of carbonyl (C=O) groups is 1. The third kappa shape index (κ3) is 3.80. The molecule has 3 aromatic heterocycles. The van der Waals surface area contributed by atoms with Crippen LogP contribution in [0.15, 0.2) is 41.1 Å². The quantitative estimate of drug-likeness (QED) is 0.502. The largest absolute Gasteiger partial charge is 0.436 e. The molecule has 0 bridgehead atoms. The second-order valence-corrected chi connectivity index (χ2v) is 8.93. The lowest BCUT2D eigenvalue weighted by Crippen LogP contribution is -2.41. The molecule has 8 heteroatoms. The number of morpholine rings is 1. The highest BCUT2D eigenvalue weighted by atomic mass is 16.5. The minimum atomic E-state index is 0.0287. The number of carbonyl (C=O) groups excluding carboxylic acids is 1. The minimum absolute atomic E-state index is 0.0287. The smallest absolute Gasteiger partial charge is 0.229 e. The molecular weight excluding hydrogens is 418 g/mol. The topological polar surface area (TPSA) is 93.4 Å². The second-order valence-electron chi connectivity index (χ2n) is 8.93. The average molecular weight is 444 g/mol. The fraction of sp³-hybridized carbons (Fsp3) is 0.360. The molecule has 1 aromatic carbocycles. The standard InChI is InChI=1S/C25H25N5O3/c1-14-13-30(7-8-32-14)17-5-6-22-21(9-17)28-25(33-22)20-12-26-15(2)19-11-27-23(10-18(19)20)29-24(31)16-3-4-16/h5-6,9-12,14,16H,3-4,7-8,13H2,1-2H3,(H,27,29,31)/t14-/m1/s1. The molecule has 1 saturated carbocycles. The number of nitrogens with one attached hydrogen (secondary N) is 1. The van der Waals surface area contributed by atoms with Gasteiger partial charge in [-0.1, -0.05) is 0 Å². The summed E-state index contributed by atoms with van der Waals surface area (Å²) in [5, 5.41) is 4.74. The van der Waals surface area contributed by atoms with E-state index >= 15 is 0 Å². The molecule has 0 spiro atoms. The van der Waals surface area contributed by atoms with Gasteiger partial charge >= 0.3 is 0 Å². The summed E-state index contributed by atoms with van der Waals surface area (Å²) in [5.41, 5.74) is 4.27. The van der Waals surface area contributed by atoms with Crippen molar-refractivity contribution < 1.29 is 13.9 Å². The number of oxazole rings is 1. The molecule has 1 N–H and O–H groups in total. The van der Waals surface area contributed by atoms with Gasteiger partial charge in [-0.3, -0.25) is 9.78 Å². The maximum absolute atomic E-state index is 12.2. The Balaban J connectivity index is 1.39. The monoisotopic (exact) mass is 443 g/mol. The molecule has 1 aliphatic heterocycles. The van der Waals surface area contributed by atoms with Crippen LogP contribution < -0.4 is 10.2 Å². The van der Waals surface area contributed by atoms with Gasteiger partial charge in [0.15, 0.2) is 5.58 Å². The Bertz CT molecular complexity index is 1380. The number of hydrogen-bond acceptors (Lipinski definition) is 7. The molecule has 6 rings (SSSR count).